The van der Waals surface area contributed by atoms with Crippen molar-refractivity contribution < 1.29 is 43.2 Å². The van der Waals surface area contributed by atoms with Crippen LogP contribution in [-0.2, 0) is 38.1 Å². The maximum Gasteiger partial charge on any atom is 0.303 e. The van der Waals surface area contributed by atoms with Crippen molar-refractivity contribution in [3.8, 4) is 0 Å². The Labute approximate surface area is 140 Å². The maximum atomic E-state index is 11.8. The molecule has 23 heavy (non-hydrogen) atoms. The zero-order valence-corrected chi connectivity index (χ0v) is 14.3. The van der Waals surface area contributed by atoms with Gasteiger partial charge in [0.25, 0.3) is 0 Å². The first-order valence-electron chi connectivity index (χ1n) is 6.62. The van der Waals surface area contributed by atoms with Gasteiger partial charge in [0.05, 0.1) is 0 Å². The van der Waals surface area contributed by atoms with Gasteiger partial charge in [-0.1, -0.05) is 15.9 Å². The minimum absolute atomic E-state index is 0.686. The second kappa shape index (κ2) is 8.37. The third-order valence-electron chi connectivity index (χ3n) is 2.86. The predicted octanol–water partition coefficient (Wildman–Crippen LogP) is -0.537. The molecule has 0 aromatic heterocycles. The second-order valence-electron chi connectivity index (χ2n) is 4.75. The van der Waals surface area contributed by atoms with E-state index in [1.807, 2.05) is 0 Å². The van der Waals surface area contributed by atoms with Crippen LogP contribution in [0.5, 0.6) is 0 Å². The van der Waals surface area contributed by atoms with Crippen LogP contribution in [0.15, 0.2) is 0 Å². The van der Waals surface area contributed by atoms with Crippen molar-refractivity contribution in [2.24, 2.45) is 0 Å². The van der Waals surface area contributed by atoms with Gasteiger partial charge in [0, 0.05) is 20.8 Å². The topological polar surface area (TPSA) is 125 Å². The molecule has 1 aliphatic heterocycles. The molecule has 0 aromatic rings. The Bertz CT molecular complexity index is 492. The fraction of sp³-hybridized carbons (Fsp3) is 0.692. The summed E-state index contributed by atoms with van der Waals surface area (Å²) in [5.41, 5.74) is 0. The monoisotopic (exact) mass is 396 g/mol. The van der Waals surface area contributed by atoms with E-state index in [-0.39, 0.29) is 0 Å². The molecule has 0 saturated carbocycles. The lowest BCUT2D eigenvalue weighted by Gasteiger charge is -2.42. The summed E-state index contributed by atoms with van der Waals surface area (Å²) in [7, 11) is 0. The van der Waals surface area contributed by atoms with Crippen molar-refractivity contribution in [2.75, 3.05) is 6.61 Å². The first kappa shape index (κ1) is 19.5. The molecule has 130 valence electrons. The summed E-state index contributed by atoms with van der Waals surface area (Å²) in [5, 5.41) is 8.02. The average molecular weight is 397 g/mol. The SMILES string of the molecule is CC(=O)O[C@@H]1[C@@H](OC(C)=O)[C@@H](Br)O[C@H](C(=O)CO)[C@H]1OC(C)=O. The van der Waals surface area contributed by atoms with Crippen molar-refractivity contribution in [3.05, 3.63) is 0 Å². The Morgan fingerprint density at radius 3 is 1.78 bits per heavy atom. The van der Waals surface area contributed by atoms with E-state index in [1.54, 1.807) is 0 Å². The summed E-state index contributed by atoms with van der Waals surface area (Å²) in [6.07, 6.45) is -5.18. The number of carbonyl (C=O) groups excluding carboxylic acids is 4. The van der Waals surface area contributed by atoms with E-state index < -0.39 is 59.7 Å². The summed E-state index contributed by atoms with van der Waals surface area (Å²) in [5.74, 6) is -2.96. The second-order valence-corrected chi connectivity index (χ2v) is 5.66. The number of alkyl halides is 1. The highest BCUT2D eigenvalue weighted by molar-refractivity contribution is 9.09. The van der Waals surface area contributed by atoms with E-state index in [0.717, 1.165) is 20.8 Å². The van der Waals surface area contributed by atoms with Gasteiger partial charge in [-0.15, -0.1) is 0 Å². The Morgan fingerprint density at radius 1 is 0.913 bits per heavy atom. The van der Waals surface area contributed by atoms with Crippen molar-refractivity contribution in [1.82, 2.24) is 0 Å². The lowest BCUT2D eigenvalue weighted by atomic mass is 9.96. The normalized spacial score (nSPS) is 30.2. The molecule has 0 aromatic carbocycles. The van der Waals surface area contributed by atoms with E-state index in [0.29, 0.717) is 0 Å². The summed E-state index contributed by atoms with van der Waals surface area (Å²) < 4.78 is 20.5. The summed E-state index contributed by atoms with van der Waals surface area (Å²) in [6.45, 7) is 2.47. The minimum atomic E-state index is -1.38. The molecule has 1 heterocycles. The van der Waals surface area contributed by atoms with Gasteiger partial charge < -0.3 is 24.1 Å². The fourth-order valence-electron chi connectivity index (χ4n) is 2.11. The number of aliphatic hydroxyl groups excluding tert-OH is 1. The molecular weight excluding hydrogens is 380 g/mol. The molecule has 1 saturated heterocycles. The third kappa shape index (κ3) is 5.26. The number of ketones is 1. The highest BCUT2D eigenvalue weighted by Gasteiger charge is 2.53. The number of Topliss-reactive ketones (excluding diaryl/α,β-unsaturated/α-hetero) is 1. The third-order valence-corrected chi connectivity index (χ3v) is 3.60. The Morgan fingerprint density at radius 2 is 1.35 bits per heavy atom. The highest BCUT2D eigenvalue weighted by atomic mass is 79.9. The zero-order valence-electron chi connectivity index (χ0n) is 12.7. The molecule has 1 fully saturated rings. The molecule has 1 rings (SSSR count). The lowest BCUT2D eigenvalue weighted by Crippen LogP contribution is -2.62. The number of rotatable bonds is 5. The van der Waals surface area contributed by atoms with E-state index in [4.69, 9.17) is 24.1 Å². The minimum Gasteiger partial charge on any atom is -0.455 e. The first-order valence-corrected chi connectivity index (χ1v) is 7.53. The van der Waals surface area contributed by atoms with Crippen LogP contribution in [0.1, 0.15) is 20.8 Å². The van der Waals surface area contributed by atoms with Crippen LogP contribution < -0.4 is 0 Å². The van der Waals surface area contributed by atoms with Crippen LogP contribution in [0.2, 0.25) is 0 Å². The smallest absolute Gasteiger partial charge is 0.303 e. The van der Waals surface area contributed by atoms with Crippen LogP contribution in [0.25, 0.3) is 0 Å². The van der Waals surface area contributed by atoms with Crippen LogP contribution in [0.3, 0.4) is 0 Å². The van der Waals surface area contributed by atoms with Crippen LogP contribution in [-0.4, -0.2) is 64.8 Å². The molecule has 10 heteroatoms. The zero-order chi connectivity index (χ0) is 17.7. The van der Waals surface area contributed by atoms with Gasteiger partial charge in [-0.3, -0.25) is 19.2 Å². The fourth-order valence-corrected chi connectivity index (χ4v) is 2.75. The molecule has 1 aliphatic rings. The highest BCUT2D eigenvalue weighted by Crippen LogP contribution is 2.31. The number of halogens is 1. The number of esters is 3. The quantitative estimate of drug-likeness (QED) is 0.370. The standard InChI is InChI=1S/C13H17BrO9/c1-5(16)20-10-9(8(19)4-15)23-13(14)12(22-7(3)18)11(10)21-6(2)17/h9-13,15H,4H2,1-3H3/t9-,10-,11+,12-,13+/m1/s1. The molecule has 0 aliphatic carbocycles. The molecule has 9 nitrogen and oxygen atoms in total. The molecule has 0 radical (unpaired) electrons. The maximum absolute atomic E-state index is 11.8. The van der Waals surface area contributed by atoms with E-state index in [2.05, 4.69) is 15.9 Å². The van der Waals surface area contributed by atoms with Crippen molar-refractivity contribution >= 4 is 39.6 Å². The molecule has 0 bridgehead atoms. The van der Waals surface area contributed by atoms with E-state index >= 15 is 0 Å². The van der Waals surface area contributed by atoms with Crippen molar-refractivity contribution in [2.45, 2.75) is 50.2 Å². The number of ether oxygens (including phenoxy) is 4. The van der Waals surface area contributed by atoms with Crippen LogP contribution in [0, 0.1) is 0 Å². The molecular formula is C13H17BrO9. The van der Waals surface area contributed by atoms with E-state index in [1.165, 1.54) is 0 Å². The molecule has 1 N–H and O–H groups in total. The Hall–Kier alpha value is -1.52. The number of hydrogen-bond acceptors (Lipinski definition) is 9. The number of carbonyl (C=O) groups is 4. The predicted molar refractivity (Wildman–Crippen MR) is 76.3 cm³/mol. The first-order chi connectivity index (χ1) is 10.7. The molecule has 0 spiro atoms. The van der Waals surface area contributed by atoms with Gasteiger partial charge in [-0.05, 0) is 0 Å². The lowest BCUT2D eigenvalue weighted by molar-refractivity contribution is -0.229. The molecule has 0 amide bonds. The largest absolute Gasteiger partial charge is 0.455 e. The summed E-state index contributed by atoms with van der Waals surface area (Å²) in [6, 6.07) is 0. The average Bonchev–Trinajstić information content (AvgIpc) is 2.43. The number of aliphatic hydroxyl groups is 1. The van der Waals surface area contributed by atoms with Gasteiger partial charge >= 0.3 is 17.9 Å². The van der Waals surface area contributed by atoms with Gasteiger partial charge in [-0.2, -0.15) is 0 Å². The summed E-state index contributed by atoms with van der Waals surface area (Å²) >= 11 is 3.08. The number of hydrogen-bond donors (Lipinski definition) is 1. The van der Waals surface area contributed by atoms with Crippen molar-refractivity contribution in [1.29, 1.82) is 0 Å². The van der Waals surface area contributed by atoms with Crippen LogP contribution in [0.4, 0.5) is 0 Å². The van der Waals surface area contributed by atoms with Gasteiger partial charge in [0.1, 0.15) is 6.61 Å². The molecule has 0 unspecified atom stereocenters. The Balaban J connectivity index is 3.21. The Kier molecular flexibility index (Phi) is 7.10. The van der Waals surface area contributed by atoms with Gasteiger partial charge in [0.15, 0.2) is 35.2 Å². The van der Waals surface area contributed by atoms with E-state index in [9.17, 15) is 19.2 Å². The van der Waals surface area contributed by atoms with Gasteiger partial charge in [-0.25, -0.2) is 0 Å². The van der Waals surface area contributed by atoms with Crippen LogP contribution >= 0.6 is 15.9 Å². The summed E-state index contributed by atoms with van der Waals surface area (Å²) in [4.78, 5) is 45.7. The molecule has 5 atom stereocenters. The van der Waals surface area contributed by atoms with Crippen molar-refractivity contribution in [3.63, 3.8) is 0 Å². The van der Waals surface area contributed by atoms with Gasteiger partial charge in [0.2, 0.25) is 0 Å².